The minimum atomic E-state index is -0.374. The van der Waals surface area contributed by atoms with Crippen molar-refractivity contribution in [2.24, 2.45) is 0 Å². The molecule has 1 fully saturated rings. The number of esters is 1. The Hall–Kier alpha value is -1.55. The van der Waals surface area contributed by atoms with E-state index in [1.807, 2.05) is 0 Å². The van der Waals surface area contributed by atoms with Crippen molar-refractivity contribution in [1.82, 2.24) is 0 Å². The Kier molecular flexibility index (Phi) is 3.64. The predicted octanol–water partition coefficient (Wildman–Crippen LogP) is 1.55. The minimum Gasteiger partial charge on any atom is -0.490 e. The average molecular weight is 236 g/mol. The maximum Gasteiger partial charge on any atom is 0.337 e. The van der Waals surface area contributed by atoms with Crippen molar-refractivity contribution in [2.75, 3.05) is 13.7 Å². The summed E-state index contributed by atoms with van der Waals surface area (Å²) in [6.45, 7) is 0.0681. The molecule has 1 N–H and O–H groups in total. The third kappa shape index (κ3) is 2.97. The van der Waals surface area contributed by atoms with Crippen LogP contribution in [0.5, 0.6) is 5.75 Å². The smallest absolute Gasteiger partial charge is 0.337 e. The summed E-state index contributed by atoms with van der Waals surface area (Å²) in [5, 5.41) is 8.97. The molecule has 1 aromatic rings. The first-order chi connectivity index (χ1) is 8.24. The van der Waals surface area contributed by atoms with E-state index in [4.69, 9.17) is 9.84 Å². The monoisotopic (exact) mass is 236 g/mol. The van der Waals surface area contributed by atoms with Crippen LogP contribution in [0.25, 0.3) is 0 Å². The topological polar surface area (TPSA) is 55.8 Å². The summed E-state index contributed by atoms with van der Waals surface area (Å²) in [4.78, 5) is 11.4. The molecule has 0 atom stereocenters. The Labute approximate surface area is 100 Å². The summed E-state index contributed by atoms with van der Waals surface area (Å²) in [7, 11) is 1.35. The van der Waals surface area contributed by atoms with Crippen LogP contribution >= 0.6 is 0 Å². The van der Waals surface area contributed by atoms with Crippen molar-refractivity contribution in [1.29, 1.82) is 0 Å². The van der Waals surface area contributed by atoms with E-state index in [1.165, 1.54) is 7.11 Å². The first-order valence-electron chi connectivity index (χ1n) is 5.73. The number of benzene rings is 1. The van der Waals surface area contributed by atoms with Crippen molar-refractivity contribution in [3.8, 4) is 5.75 Å². The normalized spacial score (nSPS) is 14.5. The van der Waals surface area contributed by atoms with Gasteiger partial charge >= 0.3 is 5.97 Å². The van der Waals surface area contributed by atoms with Crippen LogP contribution in [0.2, 0.25) is 0 Å². The standard InChI is InChI=1S/C13H16O4/c1-16-13(15)10-3-2-9(6-7-14)12(8-10)17-11-4-5-11/h2-3,8,11,14H,4-7H2,1H3. The van der Waals surface area contributed by atoms with Crippen molar-refractivity contribution in [2.45, 2.75) is 25.4 Å². The lowest BCUT2D eigenvalue weighted by Crippen LogP contribution is -2.06. The van der Waals surface area contributed by atoms with E-state index in [-0.39, 0.29) is 18.7 Å². The maximum atomic E-state index is 11.4. The zero-order valence-electron chi connectivity index (χ0n) is 9.81. The van der Waals surface area contributed by atoms with Gasteiger partial charge in [0.2, 0.25) is 0 Å². The fourth-order valence-electron chi connectivity index (χ4n) is 1.60. The molecule has 1 aliphatic carbocycles. The molecule has 92 valence electrons. The SMILES string of the molecule is COC(=O)c1ccc(CCO)c(OC2CC2)c1. The van der Waals surface area contributed by atoms with Gasteiger partial charge in [-0.25, -0.2) is 4.79 Å². The second-order valence-corrected chi connectivity index (χ2v) is 4.10. The molecule has 0 bridgehead atoms. The first kappa shape index (κ1) is 11.9. The van der Waals surface area contributed by atoms with Crippen LogP contribution < -0.4 is 4.74 Å². The molecule has 0 spiro atoms. The van der Waals surface area contributed by atoms with Gasteiger partial charge in [-0.2, -0.15) is 0 Å². The lowest BCUT2D eigenvalue weighted by atomic mass is 10.1. The van der Waals surface area contributed by atoms with E-state index in [0.717, 1.165) is 18.4 Å². The van der Waals surface area contributed by atoms with Crippen LogP contribution in [0, 0.1) is 0 Å². The van der Waals surface area contributed by atoms with E-state index >= 15 is 0 Å². The summed E-state index contributed by atoms with van der Waals surface area (Å²) in [5.74, 6) is 0.311. The minimum absolute atomic E-state index is 0.0681. The molecular formula is C13H16O4. The molecule has 4 heteroatoms. The summed E-state index contributed by atoms with van der Waals surface area (Å²) < 4.78 is 10.4. The molecule has 4 nitrogen and oxygen atoms in total. The zero-order chi connectivity index (χ0) is 12.3. The molecule has 0 heterocycles. The van der Waals surface area contributed by atoms with Crippen LogP contribution in [0.15, 0.2) is 18.2 Å². The van der Waals surface area contributed by atoms with Gasteiger partial charge in [0.05, 0.1) is 18.8 Å². The molecule has 2 rings (SSSR count). The van der Waals surface area contributed by atoms with Crippen molar-refractivity contribution < 1.29 is 19.4 Å². The van der Waals surface area contributed by atoms with Gasteiger partial charge in [-0.15, -0.1) is 0 Å². The fraction of sp³-hybridized carbons (Fsp3) is 0.462. The van der Waals surface area contributed by atoms with Gasteiger partial charge in [0.1, 0.15) is 5.75 Å². The van der Waals surface area contributed by atoms with Gasteiger partial charge in [-0.05, 0) is 37.0 Å². The number of aliphatic hydroxyl groups is 1. The van der Waals surface area contributed by atoms with Gasteiger partial charge in [0.25, 0.3) is 0 Å². The Morgan fingerprint density at radius 1 is 1.47 bits per heavy atom. The summed E-state index contributed by atoms with van der Waals surface area (Å²) in [6.07, 6.45) is 2.91. The van der Waals surface area contributed by atoms with Gasteiger partial charge < -0.3 is 14.6 Å². The highest BCUT2D eigenvalue weighted by atomic mass is 16.5. The van der Waals surface area contributed by atoms with E-state index in [9.17, 15) is 4.79 Å². The maximum absolute atomic E-state index is 11.4. The fourth-order valence-corrected chi connectivity index (χ4v) is 1.60. The number of hydrogen-bond acceptors (Lipinski definition) is 4. The molecule has 1 aliphatic rings. The Bertz CT molecular complexity index is 410. The predicted molar refractivity (Wildman–Crippen MR) is 62.2 cm³/mol. The highest BCUT2D eigenvalue weighted by Crippen LogP contribution is 2.30. The quantitative estimate of drug-likeness (QED) is 0.788. The number of aliphatic hydroxyl groups excluding tert-OH is 1. The molecule has 0 saturated heterocycles. The summed E-state index contributed by atoms with van der Waals surface area (Å²) >= 11 is 0. The molecule has 0 radical (unpaired) electrons. The molecular weight excluding hydrogens is 220 g/mol. The lowest BCUT2D eigenvalue weighted by molar-refractivity contribution is 0.0600. The number of rotatable bonds is 5. The van der Waals surface area contributed by atoms with Crippen LogP contribution in [0.1, 0.15) is 28.8 Å². The van der Waals surface area contributed by atoms with Crippen LogP contribution in [-0.4, -0.2) is 30.9 Å². The third-order valence-electron chi connectivity index (χ3n) is 2.69. The lowest BCUT2D eigenvalue weighted by Gasteiger charge is -2.11. The van der Waals surface area contributed by atoms with Gasteiger partial charge in [-0.3, -0.25) is 0 Å². The molecule has 0 unspecified atom stereocenters. The Morgan fingerprint density at radius 3 is 2.82 bits per heavy atom. The van der Waals surface area contributed by atoms with Crippen molar-refractivity contribution >= 4 is 5.97 Å². The summed E-state index contributed by atoms with van der Waals surface area (Å²) in [5.41, 5.74) is 1.40. The van der Waals surface area contributed by atoms with Gasteiger partial charge in [-0.1, -0.05) is 6.07 Å². The summed E-state index contributed by atoms with van der Waals surface area (Å²) in [6, 6.07) is 5.19. The number of methoxy groups -OCH3 is 1. The van der Waals surface area contributed by atoms with Crippen LogP contribution in [0.4, 0.5) is 0 Å². The van der Waals surface area contributed by atoms with Crippen LogP contribution in [0.3, 0.4) is 0 Å². The highest BCUT2D eigenvalue weighted by molar-refractivity contribution is 5.89. The molecule has 0 amide bonds. The largest absolute Gasteiger partial charge is 0.490 e. The van der Waals surface area contributed by atoms with Gasteiger partial charge in [0.15, 0.2) is 0 Å². The van der Waals surface area contributed by atoms with Crippen molar-refractivity contribution in [3.63, 3.8) is 0 Å². The van der Waals surface area contributed by atoms with Gasteiger partial charge in [0, 0.05) is 6.61 Å². The first-order valence-corrected chi connectivity index (χ1v) is 5.73. The molecule has 0 aromatic heterocycles. The Morgan fingerprint density at radius 2 is 2.24 bits per heavy atom. The van der Waals surface area contributed by atoms with E-state index in [2.05, 4.69) is 4.74 Å². The van der Waals surface area contributed by atoms with Crippen molar-refractivity contribution in [3.05, 3.63) is 29.3 Å². The van der Waals surface area contributed by atoms with E-state index in [1.54, 1.807) is 18.2 Å². The highest BCUT2D eigenvalue weighted by Gasteiger charge is 2.25. The number of carbonyl (C=O) groups is 1. The molecule has 17 heavy (non-hydrogen) atoms. The average Bonchev–Trinajstić information content (AvgIpc) is 3.14. The van der Waals surface area contributed by atoms with E-state index < -0.39 is 0 Å². The number of ether oxygens (including phenoxy) is 2. The second kappa shape index (κ2) is 5.19. The molecule has 0 aliphatic heterocycles. The zero-order valence-corrected chi connectivity index (χ0v) is 9.81. The number of hydrogen-bond donors (Lipinski definition) is 1. The molecule has 1 aromatic carbocycles. The Balaban J connectivity index is 2.24. The number of carbonyl (C=O) groups excluding carboxylic acids is 1. The molecule has 1 saturated carbocycles. The van der Waals surface area contributed by atoms with E-state index in [0.29, 0.717) is 17.7 Å². The van der Waals surface area contributed by atoms with Crippen LogP contribution in [-0.2, 0) is 11.2 Å². The third-order valence-corrected chi connectivity index (χ3v) is 2.69. The second-order valence-electron chi connectivity index (χ2n) is 4.10.